The number of benzene rings is 2. The highest BCUT2D eigenvalue weighted by atomic mass is 19.1. The molecule has 1 atom stereocenters. The topological polar surface area (TPSA) is 230 Å². The van der Waals surface area contributed by atoms with Gasteiger partial charge in [0.2, 0.25) is 0 Å². The van der Waals surface area contributed by atoms with E-state index in [0.717, 1.165) is 7.05 Å². The zero-order valence-corrected chi connectivity index (χ0v) is 23.2. The van der Waals surface area contributed by atoms with Crippen LogP contribution in [0, 0.1) is 5.82 Å². The van der Waals surface area contributed by atoms with Crippen LogP contribution < -0.4 is 15.5 Å². The van der Waals surface area contributed by atoms with Gasteiger partial charge < -0.3 is 50.5 Å². The fourth-order valence-corrected chi connectivity index (χ4v) is 5.10. The Kier molecular flexibility index (Phi) is 8.72. The Balaban J connectivity index is 1.68. The molecule has 0 aliphatic carbocycles. The Morgan fingerprint density at radius 2 is 1.79 bits per heavy atom. The van der Waals surface area contributed by atoms with Gasteiger partial charge in [-0.1, -0.05) is 11.5 Å². The quantitative estimate of drug-likeness (QED) is 0.0556. The van der Waals surface area contributed by atoms with Crippen molar-refractivity contribution in [2.75, 3.05) is 33.4 Å². The molecule has 2 aromatic rings. The molecule has 2 heterocycles. The van der Waals surface area contributed by atoms with Crippen molar-refractivity contribution in [3.8, 4) is 17.2 Å². The lowest BCUT2D eigenvalue weighted by molar-refractivity contribution is -0.398. The van der Waals surface area contributed by atoms with E-state index in [1.54, 1.807) is 0 Å². The highest BCUT2D eigenvalue weighted by Gasteiger charge is 2.70. The van der Waals surface area contributed by atoms with Crippen LogP contribution in [-0.2, 0) is 34.0 Å². The highest BCUT2D eigenvalue weighted by Crippen LogP contribution is 2.41. The third-order valence-electron chi connectivity index (χ3n) is 7.77. The van der Waals surface area contributed by atoms with Gasteiger partial charge in [-0.25, -0.2) is 4.39 Å². The molecule has 17 heteroatoms. The Bertz CT molecular complexity index is 1450. The summed E-state index contributed by atoms with van der Waals surface area (Å²) in [4.78, 5) is 39.3. The maximum Gasteiger partial charge on any atom is 0.285 e. The average Bonchev–Trinajstić information content (AvgIpc) is 3.34. The Labute approximate surface area is 244 Å². The second-order valence-electron chi connectivity index (χ2n) is 10.2. The molecular formula is C26H31BFN3O12. The molecular weight excluding hydrogens is 576 g/mol. The molecule has 15 nitrogen and oxygen atoms in total. The maximum atomic E-state index is 15.1. The van der Waals surface area contributed by atoms with Crippen LogP contribution in [-0.4, -0.2) is 122 Å². The summed E-state index contributed by atoms with van der Waals surface area (Å²) in [7, 11) is 2.48. The van der Waals surface area contributed by atoms with Gasteiger partial charge in [0.25, 0.3) is 29.1 Å². The minimum atomic E-state index is -4.33. The van der Waals surface area contributed by atoms with Crippen LogP contribution in [0.25, 0.3) is 0 Å². The molecule has 1 saturated heterocycles. The first-order valence-electron chi connectivity index (χ1n) is 13.0. The third-order valence-corrected chi connectivity index (χ3v) is 7.77. The maximum absolute atomic E-state index is 15.1. The number of nitrogens with one attached hydrogen (secondary N) is 1. The predicted octanol–water partition coefficient (Wildman–Crippen LogP) is -4.14. The molecule has 2 aliphatic heterocycles. The summed E-state index contributed by atoms with van der Waals surface area (Å²) in [5.41, 5.74) is -3.60. The van der Waals surface area contributed by atoms with Crippen molar-refractivity contribution in [1.82, 2.24) is 15.1 Å². The van der Waals surface area contributed by atoms with Crippen molar-refractivity contribution in [3.05, 3.63) is 46.3 Å². The molecule has 2 amide bonds. The SMILES string of the molecule is Bc1c(CN2CCOCC2)c(O)c(O)c(F)c1COc1cccc2c1CN(C(O)(C(=O)NC)C(O)(O)C(O)(O)C=O)C2=O. The van der Waals surface area contributed by atoms with Crippen LogP contribution in [0.15, 0.2) is 18.2 Å². The summed E-state index contributed by atoms with van der Waals surface area (Å²) in [5.74, 6) is -14.1. The van der Waals surface area contributed by atoms with Crippen LogP contribution in [0.5, 0.6) is 17.2 Å². The van der Waals surface area contributed by atoms with Gasteiger partial charge in [-0.05, 0) is 12.1 Å². The second-order valence-corrected chi connectivity index (χ2v) is 10.2. The lowest BCUT2D eigenvalue weighted by Gasteiger charge is -2.46. The molecule has 232 valence electrons. The minimum absolute atomic E-state index is 0.0205. The number of aromatic hydroxyl groups is 2. The standard InChI is InChI=1S/C26H31BFN3O12/c1-29-23(36)25(39,26(40,41)24(37,38)12-32)31-10-14-13(22(31)35)3-2-4-17(14)43-11-16-18(27)15(20(33)21(34)19(16)28)9-30-5-7-42-8-6-30/h2-4,12,33-34,37-41H,5-11,27H2,1H3,(H,29,36). The molecule has 43 heavy (non-hydrogen) atoms. The molecule has 8 N–H and O–H groups in total. The Hall–Kier alpha value is -3.84. The summed E-state index contributed by atoms with van der Waals surface area (Å²) in [6.45, 7) is 0.936. The van der Waals surface area contributed by atoms with Gasteiger partial charge >= 0.3 is 0 Å². The average molecular weight is 607 g/mol. The lowest BCUT2D eigenvalue weighted by atomic mass is 9.84. The number of fused-ring (bicyclic) bond motifs is 1. The fourth-order valence-electron chi connectivity index (χ4n) is 5.10. The number of ether oxygens (including phenoxy) is 2. The summed E-state index contributed by atoms with van der Waals surface area (Å²) < 4.78 is 26.3. The number of rotatable bonds is 10. The first-order valence-corrected chi connectivity index (χ1v) is 13.0. The first-order chi connectivity index (χ1) is 20.1. The van der Waals surface area contributed by atoms with Crippen molar-refractivity contribution in [1.29, 1.82) is 0 Å². The van der Waals surface area contributed by atoms with Gasteiger partial charge in [0.1, 0.15) is 20.2 Å². The normalized spacial score (nSPS) is 17.4. The van der Waals surface area contributed by atoms with Crippen molar-refractivity contribution < 1.29 is 64.0 Å². The van der Waals surface area contributed by atoms with E-state index in [2.05, 4.69) is 0 Å². The van der Waals surface area contributed by atoms with E-state index in [1.165, 1.54) is 26.0 Å². The molecule has 2 aliphatic rings. The summed E-state index contributed by atoms with van der Waals surface area (Å²) in [6.07, 6.45) is -0.750. The van der Waals surface area contributed by atoms with Crippen LogP contribution >= 0.6 is 0 Å². The Morgan fingerprint density at radius 1 is 1.14 bits per heavy atom. The predicted molar refractivity (Wildman–Crippen MR) is 144 cm³/mol. The van der Waals surface area contributed by atoms with E-state index in [9.17, 15) is 50.1 Å². The number of hydrogen-bond donors (Lipinski definition) is 8. The number of aldehydes is 1. The molecule has 0 saturated carbocycles. The van der Waals surface area contributed by atoms with Crippen LogP contribution in [0.2, 0.25) is 0 Å². The van der Waals surface area contributed by atoms with E-state index >= 15 is 4.39 Å². The van der Waals surface area contributed by atoms with Crippen LogP contribution in [0.1, 0.15) is 27.0 Å². The van der Waals surface area contributed by atoms with Gasteiger partial charge in [-0.3, -0.25) is 24.2 Å². The van der Waals surface area contributed by atoms with Crippen molar-refractivity contribution >= 4 is 31.4 Å². The number of phenolic OH excluding ortho intramolecular Hbond substituents is 2. The Morgan fingerprint density at radius 3 is 2.40 bits per heavy atom. The fraction of sp³-hybridized carbons (Fsp3) is 0.423. The number of morpholine rings is 1. The van der Waals surface area contributed by atoms with Crippen LogP contribution in [0.4, 0.5) is 4.39 Å². The van der Waals surface area contributed by atoms with Gasteiger partial charge in [0, 0.05) is 48.9 Å². The number of likely N-dealkylation sites (N-methyl/N-ethyl adjacent to an activating group) is 1. The molecule has 0 bridgehead atoms. The minimum Gasteiger partial charge on any atom is -0.504 e. The zero-order chi connectivity index (χ0) is 31.9. The molecule has 1 fully saturated rings. The molecule has 1 unspecified atom stereocenters. The first kappa shape index (κ1) is 32.1. The molecule has 0 radical (unpaired) electrons. The number of hydrogen-bond acceptors (Lipinski definition) is 13. The van der Waals surface area contributed by atoms with Crippen molar-refractivity contribution in [2.45, 2.75) is 37.0 Å². The van der Waals surface area contributed by atoms with E-state index in [0.29, 0.717) is 31.8 Å². The molecule has 0 aromatic heterocycles. The molecule has 0 spiro atoms. The van der Waals surface area contributed by atoms with Gasteiger partial charge in [-0.2, -0.15) is 0 Å². The van der Waals surface area contributed by atoms with Gasteiger partial charge in [0.05, 0.1) is 19.8 Å². The van der Waals surface area contributed by atoms with E-state index < -0.39 is 65.9 Å². The number of aliphatic hydroxyl groups is 5. The lowest BCUT2D eigenvalue weighted by Crippen LogP contribution is -2.78. The van der Waals surface area contributed by atoms with E-state index in [1.807, 2.05) is 10.2 Å². The summed E-state index contributed by atoms with van der Waals surface area (Å²) in [5, 5.41) is 74.6. The third kappa shape index (κ3) is 5.18. The van der Waals surface area contributed by atoms with Gasteiger partial charge in [0.15, 0.2) is 23.6 Å². The van der Waals surface area contributed by atoms with Crippen LogP contribution in [0.3, 0.4) is 0 Å². The largest absolute Gasteiger partial charge is 0.504 e. The molecule has 2 aromatic carbocycles. The van der Waals surface area contributed by atoms with E-state index in [-0.39, 0.29) is 39.4 Å². The number of phenols is 2. The number of nitrogens with zero attached hydrogens (tertiary/aromatic N) is 2. The second kappa shape index (κ2) is 11.7. The van der Waals surface area contributed by atoms with E-state index in [4.69, 9.17) is 9.47 Å². The summed E-state index contributed by atoms with van der Waals surface area (Å²) in [6, 6.07) is 3.94. The summed E-state index contributed by atoms with van der Waals surface area (Å²) >= 11 is 0. The van der Waals surface area contributed by atoms with Crippen molar-refractivity contribution in [2.24, 2.45) is 0 Å². The monoisotopic (exact) mass is 607 g/mol. The smallest absolute Gasteiger partial charge is 0.285 e. The number of carbonyl (C=O) groups is 3. The zero-order valence-electron chi connectivity index (χ0n) is 23.2. The molecule has 4 rings (SSSR count). The number of carbonyl (C=O) groups excluding carboxylic acids is 3. The number of halogens is 1. The van der Waals surface area contributed by atoms with Crippen molar-refractivity contribution in [3.63, 3.8) is 0 Å². The number of amides is 2. The highest BCUT2D eigenvalue weighted by molar-refractivity contribution is 6.34. The van der Waals surface area contributed by atoms with Gasteiger partial charge in [-0.15, -0.1) is 0 Å².